The molecule has 3 aromatic rings. The molecule has 0 aliphatic carbocycles. The van der Waals surface area contributed by atoms with E-state index in [1.54, 1.807) is 0 Å². The first kappa shape index (κ1) is 18.3. The van der Waals surface area contributed by atoms with E-state index in [4.69, 9.17) is 4.98 Å². The number of hydrogen-bond acceptors (Lipinski definition) is 7. The molecule has 0 saturated carbocycles. The zero-order valence-electron chi connectivity index (χ0n) is 16.7. The van der Waals surface area contributed by atoms with E-state index < -0.39 is 0 Å². The lowest BCUT2D eigenvalue weighted by Gasteiger charge is -2.24. The molecule has 0 amide bonds. The van der Waals surface area contributed by atoms with Gasteiger partial charge < -0.3 is 15.5 Å². The summed E-state index contributed by atoms with van der Waals surface area (Å²) in [5.74, 6) is 1.66. The summed E-state index contributed by atoms with van der Waals surface area (Å²) in [6.45, 7) is 4.15. The maximum absolute atomic E-state index is 4.88. The van der Waals surface area contributed by atoms with E-state index in [1.807, 2.05) is 30.9 Å². The molecular weight excluding hydrogens is 364 g/mol. The van der Waals surface area contributed by atoms with E-state index in [9.17, 15) is 0 Å². The minimum Gasteiger partial charge on any atom is -0.364 e. The first-order valence-electron chi connectivity index (χ1n) is 10.8. The summed E-state index contributed by atoms with van der Waals surface area (Å²) in [6, 6.07) is 2.40. The zero-order valence-corrected chi connectivity index (χ0v) is 16.7. The van der Waals surface area contributed by atoms with Crippen LogP contribution in [0.3, 0.4) is 0 Å². The molecule has 2 fully saturated rings. The Morgan fingerprint density at radius 1 is 0.966 bits per heavy atom. The molecule has 2 aliphatic heterocycles. The molecule has 0 atom stereocenters. The fourth-order valence-corrected chi connectivity index (χ4v) is 4.28. The Hall–Kier alpha value is -2.74. The fourth-order valence-electron chi connectivity index (χ4n) is 4.28. The van der Waals surface area contributed by atoms with Gasteiger partial charge in [0.25, 0.3) is 0 Å². The number of fused-ring (bicyclic) bond motifs is 1. The molecule has 29 heavy (non-hydrogen) atoms. The van der Waals surface area contributed by atoms with Crippen molar-refractivity contribution in [2.24, 2.45) is 0 Å². The maximum Gasteiger partial charge on any atom is 0.225 e. The van der Waals surface area contributed by atoms with Crippen LogP contribution in [-0.4, -0.2) is 56.6 Å². The summed E-state index contributed by atoms with van der Waals surface area (Å²) in [5.41, 5.74) is 2.70. The highest BCUT2D eigenvalue weighted by atomic mass is 15.2. The second-order valence-corrected chi connectivity index (χ2v) is 7.92. The van der Waals surface area contributed by atoms with Crippen molar-refractivity contribution >= 4 is 17.4 Å². The van der Waals surface area contributed by atoms with Gasteiger partial charge in [-0.3, -0.25) is 4.40 Å². The minimum atomic E-state index is 0.434. The highest BCUT2D eigenvalue weighted by Crippen LogP contribution is 2.25. The number of nitrogens with zero attached hydrogens (tertiary/aromatic N) is 6. The number of nitrogens with one attached hydrogen (secondary N) is 2. The third kappa shape index (κ3) is 3.89. The Kier molecular flexibility index (Phi) is 5.25. The van der Waals surface area contributed by atoms with Crippen LogP contribution in [0.2, 0.25) is 0 Å². The van der Waals surface area contributed by atoms with Crippen molar-refractivity contribution in [3.05, 3.63) is 30.9 Å². The number of piperidine rings is 1. The van der Waals surface area contributed by atoms with Crippen molar-refractivity contribution in [1.82, 2.24) is 29.7 Å². The molecule has 2 saturated heterocycles. The molecule has 3 aromatic heterocycles. The number of anilines is 2. The van der Waals surface area contributed by atoms with E-state index in [0.717, 1.165) is 67.8 Å². The second-order valence-electron chi connectivity index (χ2n) is 7.92. The fraction of sp³-hybridized carbons (Fsp3) is 0.524. The van der Waals surface area contributed by atoms with Gasteiger partial charge in [0.05, 0.1) is 17.6 Å². The Bertz CT molecular complexity index is 954. The average Bonchev–Trinajstić information content (AvgIpc) is 3.02. The SMILES string of the molecule is c1cc(-c2cnc3c(NC4CCNCC4)nccn23)nc(N2CCCCCC2)n1. The first-order valence-corrected chi connectivity index (χ1v) is 10.8. The molecule has 0 unspecified atom stereocenters. The summed E-state index contributed by atoms with van der Waals surface area (Å²) in [4.78, 5) is 21.0. The topological polar surface area (TPSA) is 83.3 Å². The van der Waals surface area contributed by atoms with Crippen LogP contribution in [-0.2, 0) is 0 Å². The van der Waals surface area contributed by atoms with Crippen LogP contribution < -0.4 is 15.5 Å². The Morgan fingerprint density at radius 2 is 1.79 bits per heavy atom. The molecule has 5 rings (SSSR count). The van der Waals surface area contributed by atoms with Crippen LogP contribution in [0.25, 0.3) is 17.0 Å². The standard InChI is InChI=1S/C21H28N8/c1-2-4-13-28(12-3-1)21-24-10-7-17(27-21)18-15-25-20-19(23-11-14-29(18)20)26-16-5-8-22-9-6-16/h7,10-11,14-16,22H,1-6,8-9,12-13H2,(H,23,26). The van der Waals surface area contributed by atoms with Crippen LogP contribution >= 0.6 is 0 Å². The number of rotatable bonds is 4. The Labute approximate surface area is 170 Å². The highest BCUT2D eigenvalue weighted by molar-refractivity contribution is 5.69. The van der Waals surface area contributed by atoms with Crippen molar-refractivity contribution in [3.8, 4) is 11.4 Å². The highest BCUT2D eigenvalue weighted by Gasteiger charge is 2.18. The van der Waals surface area contributed by atoms with Crippen LogP contribution in [0.4, 0.5) is 11.8 Å². The molecule has 8 heteroatoms. The van der Waals surface area contributed by atoms with E-state index in [2.05, 4.69) is 34.9 Å². The van der Waals surface area contributed by atoms with Crippen molar-refractivity contribution < 1.29 is 0 Å². The van der Waals surface area contributed by atoms with Gasteiger partial charge in [-0.15, -0.1) is 0 Å². The summed E-state index contributed by atoms with van der Waals surface area (Å²) < 4.78 is 2.07. The van der Waals surface area contributed by atoms with Gasteiger partial charge in [-0.2, -0.15) is 0 Å². The van der Waals surface area contributed by atoms with E-state index in [0.29, 0.717) is 6.04 Å². The van der Waals surface area contributed by atoms with Gasteiger partial charge in [-0.05, 0) is 44.8 Å². The van der Waals surface area contributed by atoms with Gasteiger partial charge in [0.1, 0.15) is 0 Å². The Balaban J connectivity index is 1.44. The molecule has 2 N–H and O–H groups in total. The molecule has 152 valence electrons. The summed E-state index contributed by atoms with van der Waals surface area (Å²) in [5, 5.41) is 6.98. The normalized spacial score (nSPS) is 18.7. The van der Waals surface area contributed by atoms with Crippen LogP contribution in [0.1, 0.15) is 38.5 Å². The predicted molar refractivity (Wildman–Crippen MR) is 114 cm³/mol. The van der Waals surface area contributed by atoms with Crippen molar-refractivity contribution in [2.45, 2.75) is 44.6 Å². The zero-order chi connectivity index (χ0) is 19.5. The maximum atomic E-state index is 4.88. The lowest BCUT2D eigenvalue weighted by atomic mass is 10.1. The average molecular weight is 393 g/mol. The lowest BCUT2D eigenvalue weighted by Crippen LogP contribution is -2.35. The third-order valence-corrected chi connectivity index (χ3v) is 5.90. The molecule has 0 aromatic carbocycles. The summed E-state index contributed by atoms with van der Waals surface area (Å²) in [6.07, 6.45) is 14.7. The van der Waals surface area contributed by atoms with Gasteiger partial charge in [0, 0.05) is 37.7 Å². The molecule has 2 aliphatic rings. The monoisotopic (exact) mass is 392 g/mol. The van der Waals surface area contributed by atoms with E-state index in [-0.39, 0.29) is 0 Å². The van der Waals surface area contributed by atoms with E-state index >= 15 is 0 Å². The summed E-state index contributed by atoms with van der Waals surface area (Å²) in [7, 11) is 0. The molecule has 5 heterocycles. The number of imidazole rings is 1. The molecule has 0 bridgehead atoms. The number of hydrogen-bond donors (Lipinski definition) is 2. The molecular formula is C21H28N8. The molecule has 8 nitrogen and oxygen atoms in total. The number of aromatic nitrogens is 5. The lowest BCUT2D eigenvalue weighted by molar-refractivity contribution is 0.478. The van der Waals surface area contributed by atoms with Gasteiger partial charge in [0.15, 0.2) is 11.5 Å². The van der Waals surface area contributed by atoms with Crippen molar-refractivity contribution in [2.75, 3.05) is 36.4 Å². The van der Waals surface area contributed by atoms with Gasteiger partial charge >= 0.3 is 0 Å². The van der Waals surface area contributed by atoms with Crippen molar-refractivity contribution in [1.29, 1.82) is 0 Å². The van der Waals surface area contributed by atoms with Gasteiger partial charge in [-0.1, -0.05) is 12.8 Å². The minimum absolute atomic E-state index is 0.434. The van der Waals surface area contributed by atoms with Crippen LogP contribution in [0.15, 0.2) is 30.9 Å². The van der Waals surface area contributed by atoms with Gasteiger partial charge in [0.2, 0.25) is 5.95 Å². The summed E-state index contributed by atoms with van der Waals surface area (Å²) >= 11 is 0. The Morgan fingerprint density at radius 3 is 2.62 bits per heavy atom. The van der Waals surface area contributed by atoms with Crippen LogP contribution in [0, 0.1) is 0 Å². The van der Waals surface area contributed by atoms with E-state index in [1.165, 1.54) is 25.7 Å². The predicted octanol–water partition coefficient (Wildman–Crippen LogP) is 2.73. The van der Waals surface area contributed by atoms with Crippen molar-refractivity contribution in [3.63, 3.8) is 0 Å². The first-order chi connectivity index (χ1) is 14.4. The quantitative estimate of drug-likeness (QED) is 0.706. The van der Waals surface area contributed by atoms with Crippen LogP contribution in [0.5, 0.6) is 0 Å². The second kappa shape index (κ2) is 8.32. The molecule has 0 radical (unpaired) electrons. The smallest absolute Gasteiger partial charge is 0.225 e. The largest absolute Gasteiger partial charge is 0.364 e. The third-order valence-electron chi connectivity index (χ3n) is 5.90. The molecule has 0 spiro atoms. The van der Waals surface area contributed by atoms with Gasteiger partial charge in [-0.25, -0.2) is 19.9 Å².